The number of hydrogen-bond donors (Lipinski definition) is 1. The van der Waals surface area contributed by atoms with Crippen LogP contribution in [0.2, 0.25) is 0 Å². The number of nitrogens with one attached hydrogen (secondary N) is 1. The van der Waals surface area contributed by atoms with Crippen molar-refractivity contribution in [2.24, 2.45) is 0 Å². The van der Waals surface area contributed by atoms with E-state index in [9.17, 15) is 4.79 Å². The minimum absolute atomic E-state index is 0.0562. The summed E-state index contributed by atoms with van der Waals surface area (Å²) in [6.45, 7) is 4.64. The Hall–Kier alpha value is -4.24. The van der Waals surface area contributed by atoms with Crippen molar-refractivity contribution in [2.75, 3.05) is 6.54 Å². The van der Waals surface area contributed by atoms with Gasteiger partial charge in [-0.1, -0.05) is 109 Å². The van der Waals surface area contributed by atoms with Gasteiger partial charge >= 0.3 is 0 Å². The third-order valence-electron chi connectivity index (χ3n) is 6.81. The van der Waals surface area contributed by atoms with Crippen LogP contribution in [0.25, 0.3) is 22.2 Å². The van der Waals surface area contributed by atoms with E-state index >= 15 is 0 Å². The predicted molar refractivity (Wildman–Crippen MR) is 148 cm³/mol. The van der Waals surface area contributed by atoms with Crippen molar-refractivity contribution < 1.29 is 4.79 Å². The lowest BCUT2D eigenvalue weighted by Gasteiger charge is -2.19. The average Bonchev–Trinajstić information content (AvgIpc) is 2.92. The van der Waals surface area contributed by atoms with Gasteiger partial charge in [0, 0.05) is 23.4 Å². The lowest BCUT2D eigenvalue weighted by molar-refractivity contribution is 0.0954. The Balaban J connectivity index is 1.44. The first kappa shape index (κ1) is 23.5. The summed E-state index contributed by atoms with van der Waals surface area (Å²) in [5.74, 6) is 0.158. The Morgan fingerprint density at radius 2 is 1.33 bits per heavy atom. The quantitative estimate of drug-likeness (QED) is 0.268. The van der Waals surface area contributed by atoms with E-state index in [-0.39, 0.29) is 11.8 Å². The molecule has 3 nitrogen and oxygen atoms in total. The number of nitrogens with zero attached hydrogens (tertiary/aromatic N) is 1. The summed E-state index contributed by atoms with van der Waals surface area (Å²) in [5, 5.41) is 4.10. The number of pyridine rings is 1. The predicted octanol–water partition coefficient (Wildman–Crippen LogP) is 7.47. The Labute approximate surface area is 212 Å². The van der Waals surface area contributed by atoms with Crippen LogP contribution in [-0.4, -0.2) is 17.4 Å². The van der Waals surface area contributed by atoms with Crippen molar-refractivity contribution in [1.82, 2.24) is 10.3 Å². The molecule has 4 aromatic carbocycles. The van der Waals surface area contributed by atoms with E-state index in [1.165, 1.54) is 16.7 Å². The summed E-state index contributed by atoms with van der Waals surface area (Å²) in [6, 6.07) is 37.2. The zero-order valence-corrected chi connectivity index (χ0v) is 20.7. The van der Waals surface area contributed by atoms with Gasteiger partial charge in [0.05, 0.1) is 16.8 Å². The van der Waals surface area contributed by atoms with E-state index in [0.29, 0.717) is 12.1 Å². The number of carbonyl (C=O) groups excluding carboxylic acids is 1. The molecule has 36 heavy (non-hydrogen) atoms. The first-order chi connectivity index (χ1) is 17.6. The Morgan fingerprint density at radius 3 is 1.97 bits per heavy atom. The molecule has 5 aromatic rings. The van der Waals surface area contributed by atoms with Gasteiger partial charge in [-0.05, 0) is 43.0 Å². The fourth-order valence-corrected chi connectivity index (χ4v) is 4.91. The average molecular weight is 471 g/mol. The first-order valence-electron chi connectivity index (χ1n) is 12.5. The van der Waals surface area contributed by atoms with Crippen LogP contribution in [0.15, 0.2) is 109 Å². The van der Waals surface area contributed by atoms with Crippen molar-refractivity contribution in [2.45, 2.75) is 26.2 Å². The Bertz CT molecular complexity index is 1440. The molecule has 0 aliphatic heterocycles. The zero-order valence-electron chi connectivity index (χ0n) is 20.7. The van der Waals surface area contributed by atoms with Gasteiger partial charge in [-0.3, -0.25) is 4.79 Å². The minimum Gasteiger partial charge on any atom is -0.352 e. The number of rotatable bonds is 7. The second-order valence-electron chi connectivity index (χ2n) is 9.26. The van der Waals surface area contributed by atoms with E-state index in [4.69, 9.17) is 4.98 Å². The van der Waals surface area contributed by atoms with Crippen LogP contribution >= 0.6 is 0 Å². The van der Waals surface area contributed by atoms with Crippen molar-refractivity contribution in [1.29, 1.82) is 0 Å². The van der Waals surface area contributed by atoms with E-state index in [1.54, 1.807) is 0 Å². The highest BCUT2D eigenvalue weighted by molar-refractivity contribution is 6.08. The number of amides is 1. The van der Waals surface area contributed by atoms with Crippen LogP contribution < -0.4 is 5.32 Å². The van der Waals surface area contributed by atoms with Gasteiger partial charge in [-0.15, -0.1) is 0 Å². The number of aromatic nitrogens is 1. The summed E-state index contributed by atoms with van der Waals surface area (Å²) >= 11 is 0. The summed E-state index contributed by atoms with van der Waals surface area (Å²) < 4.78 is 0. The number of carbonyl (C=O) groups is 1. The van der Waals surface area contributed by atoms with Crippen LogP contribution in [0.4, 0.5) is 0 Å². The number of fused-ring (bicyclic) bond motifs is 1. The highest BCUT2D eigenvalue weighted by Gasteiger charge is 2.20. The third kappa shape index (κ3) is 4.92. The van der Waals surface area contributed by atoms with Gasteiger partial charge in [0.25, 0.3) is 5.91 Å². The molecular weight excluding hydrogens is 440 g/mol. The fraction of sp³-hybridized carbons (Fsp3) is 0.152. The van der Waals surface area contributed by atoms with Crippen molar-refractivity contribution in [3.8, 4) is 11.3 Å². The van der Waals surface area contributed by atoms with Crippen molar-refractivity contribution in [3.63, 3.8) is 0 Å². The molecule has 0 unspecified atom stereocenters. The monoisotopic (exact) mass is 470 g/mol. The fourth-order valence-electron chi connectivity index (χ4n) is 4.91. The first-order valence-corrected chi connectivity index (χ1v) is 12.5. The summed E-state index contributed by atoms with van der Waals surface area (Å²) in [7, 11) is 0. The molecule has 0 spiro atoms. The molecule has 1 heterocycles. The van der Waals surface area contributed by atoms with Crippen LogP contribution in [0.5, 0.6) is 0 Å². The molecule has 1 amide bonds. The van der Waals surface area contributed by atoms with Crippen LogP contribution in [0, 0.1) is 13.8 Å². The van der Waals surface area contributed by atoms with Crippen molar-refractivity contribution >= 4 is 16.8 Å². The number of hydrogen-bond acceptors (Lipinski definition) is 2. The molecule has 1 aromatic heterocycles. The Kier molecular flexibility index (Phi) is 6.90. The topological polar surface area (TPSA) is 42.0 Å². The maximum Gasteiger partial charge on any atom is 0.252 e. The number of aryl methyl sites for hydroxylation is 1. The minimum atomic E-state index is -0.0562. The molecule has 0 saturated heterocycles. The molecule has 0 aliphatic rings. The maximum atomic E-state index is 13.6. The molecule has 0 bridgehead atoms. The highest BCUT2D eigenvalue weighted by Crippen LogP contribution is 2.31. The second-order valence-corrected chi connectivity index (χ2v) is 9.26. The lowest BCUT2D eigenvalue weighted by Crippen LogP contribution is -2.27. The van der Waals surface area contributed by atoms with Crippen LogP contribution in [-0.2, 0) is 0 Å². The molecule has 0 fully saturated rings. The molecule has 0 aliphatic carbocycles. The summed E-state index contributed by atoms with van der Waals surface area (Å²) in [5.41, 5.74) is 8.01. The Morgan fingerprint density at radius 1 is 0.750 bits per heavy atom. The van der Waals surface area contributed by atoms with Crippen molar-refractivity contribution in [3.05, 3.63) is 137 Å². The van der Waals surface area contributed by atoms with Gasteiger partial charge in [-0.2, -0.15) is 0 Å². The largest absolute Gasteiger partial charge is 0.352 e. The molecule has 0 radical (unpaired) electrons. The zero-order chi connectivity index (χ0) is 24.9. The van der Waals surface area contributed by atoms with E-state index in [2.05, 4.69) is 85.0 Å². The molecule has 3 heteroatoms. The molecule has 0 saturated carbocycles. The van der Waals surface area contributed by atoms with E-state index in [1.807, 2.05) is 43.3 Å². The standard InChI is InChI=1S/C33H30N2O/c1-23-17-19-27(20-18-23)32-24(2)31(29-15-9-10-16-30(29)35-32)33(36)34-22-21-28(25-11-5-3-6-12-25)26-13-7-4-8-14-26/h3-20,28H,21-22H2,1-2H3,(H,34,36). The molecule has 5 rings (SSSR count). The smallest absolute Gasteiger partial charge is 0.252 e. The van der Waals surface area contributed by atoms with E-state index in [0.717, 1.165) is 34.1 Å². The maximum absolute atomic E-state index is 13.6. The van der Waals surface area contributed by atoms with Gasteiger partial charge in [0.2, 0.25) is 0 Å². The van der Waals surface area contributed by atoms with Gasteiger partial charge < -0.3 is 5.32 Å². The van der Waals surface area contributed by atoms with Gasteiger partial charge in [0.1, 0.15) is 0 Å². The number of para-hydroxylation sites is 1. The second kappa shape index (κ2) is 10.6. The summed E-state index contributed by atoms with van der Waals surface area (Å²) in [6.07, 6.45) is 0.812. The third-order valence-corrected chi connectivity index (χ3v) is 6.81. The molecule has 178 valence electrons. The van der Waals surface area contributed by atoms with Crippen LogP contribution in [0.1, 0.15) is 45.0 Å². The molecule has 1 N–H and O–H groups in total. The normalized spacial score (nSPS) is 11.1. The van der Waals surface area contributed by atoms with Crippen LogP contribution in [0.3, 0.4) is 0 Å². The van der Waals surface area contributed by atoms with Gasteiger partial charge in [-0.25, -0.2) is 4.98 Å². The SMILES string of the molecule is Cc1ccc(-c2nc3ccccc3c(C(=O)NCCC(c3ccccc3)c3ccccc3)c2C)cc1. The highest BCUT2D eigenvalue weighted by atomic mass is 16.1. The van der Waals surface area contributed by atoms with E-state index < -0.39 is 0 Å². The van der Waals surface area contributed by atoms with Gasteiger partial charge in [0.15, 0.2) is 0 Å². The summed E-state index contributed by atoms with van der Waals surface area (Å²) in [4.78, 5) is 18.6. The number of benzene rings is 4. The lowest BCUT2D eigenvalue weighted by atomic mass is 9.88. The molecular formula is C33H30N2O. The molecule has 0 atom stereocenters.